The zero-order valence-electron chi connectivity index (χ0n) is 24.1. The summed E-state index contributed by atoms with van der Waals surface area (Å²) in [4.78, 5) is 31.8. The Kier molecular flexibility index (Phi) is 6.96. The van der Waals surface area contributed by atoms with Crippen molar-refractivity contribution in [2.24, 2.45) is 5.92 Å². The number of pyridine rings is 1. The van der Waals surface area contributed by atoms with Crippen molar-refractivity contribution in [3.05, 3.63) is 53.7 Å². The fourth-order valence-electron chi connectivity index (χ4n) is 7.17. The molecule has 11 heteroatoms. The van der Waals surface area contributed by atoms with Gasteiger partial charge in [0.25, 0.3) is 5.91 Å². The number of fused-ring (bicyclic) bond motifs is 4. The number of aromatic nitrogens is 3. The van der Waals surface area contributed by atoms with Crippen molar-refractivity contribution in [1.29, 1.82) is 5.26 Å². The minimum Gasteiger partial charge on any atom is -0.462 e. The lowest BCUT2D eigenvalue weighted by atomic mass is 9.96. The Hall–Kier alpha value is -4.17. The number of ether oxygens (including phenoxy) is 1. The van der Waals surface area contributed by atoms with Gasteiger partial charge in [0, 0.05) is 37.4 Å². The van der Waals surface area contributed by atoms with E-state index < -0.39 is 23.6 Å². The van der Waals surface area contributed by atoms with Crippen LogP contribution in [0.2, 0.25) is 0 Å². The van der Waals surface area contributed by atoms with Crippen LogP contribution in [0.3, 0.4) is 0 Å². The third-order valence-corrected chi connectivity index (χ3v) is 9.55. The summed E-state index contributed by atoms with van der Waals surface area (Å²) in [6.45, 7) is 5.13. The molecule has 0 spiro atoms. The number of nitriles is 1. The van der Waals surface area contributed by atoms with Gasteiger partial charge in [-0.25, -0.2) is 8.78 Å². The van der Waals surface area contributed by atoms with Crippen LogP contribution in [-0.2, 0) is 11.2 Å². The van der Waals surface area contributed by atoms with Gasteiger partial charge in [-0.2, -0.15) is 15.2 Å². The summed E-state index contributed by atoms with van der Waals surface area (Å²) < 4.78 is 36.4. The van der Waals surface area contributed by atoms with Crippen molar-refractivity contribution < 1.29 is 18.3 Å². The van der Waals surface area contributed by atoms with Crippen LogP contribution in [0.25, 0.3) is 22.2 Å². The molecular weight excluding hydrogens is 552 g/mol. The van der Waals surface area contributed by atoms with Gasteiger partial charge in [0.1, 0.15) is 23.6 Å². The molecule has 7 rings (SSSR count). The number of benzene rings is 1. The number of carbonyl (C=O) groups is 1. The number of hydrogen-bond acceptors (Lipinski definition) is 8. The molecule has 9 nitrogen and oxygen atoms in total. The van der Waals surface area contributed by atoms with Gasteiger partial charge in [-0.1, -0.05) is 24.8 Å². The smallest absolute Gasteiger partial charge is 0.319 e. The molecule has 4 aliphatic rings. The van der Waals surface area contributed by atoms with Gasteiger partial charge < -0.3 is 19.4 Å². The van der Waals surface area contributed by atoms with Gasteiger partial charge in [0.2, 0.25) is 0 Å². The highest BCUT2D eigenvalue weighted by molar-refractivity contribution is 5.93. The molecule has 1 saturated carbocycles. The lowest BCUT2D eigenvalue weighted by Gasteiger charge is -2.41. The maximum absolute atomic E-state index is 16.6. The van der Waals surface area contributed by atoms with E-state index in [1.54, 1.807) is 6.20 Å². The van der Waals surface area contributed by atoms with E-state index in [1.807, 2.05) is 17.0 Å². The van der Waals surface area contributed by atoms with Gasteiger partial charge in [-0.3, -0.25) is 9.78 Å². The molecule has 0 radical (unpaired) electrons. The molecule has 222 valence electrons. The molecule has 2 aromatic heterocycles. The van der Waals surface area contributed by atoms with E-state index in [-0.39, 0.29) is 49.3 Å². The van der Waals surface area contributed by atoms with Gasteiger partial charge >= 0.3 is 6.01 Å². The molecule has 2 aliphatic heterocycles. The predicted octanol–water partition coefficient (Wildman–Crippen LogP) is 4.38. The number of halogens is 2. The number of carbonyl (C=O) groups excluding carboxylic acids is 1. The summed E-state index contributed by atoms with van der Waals surface area (Å²) in [5.41, 5.74) is 3.65. The average molecular weight is 586 g/mol. The topological polar surface area (TPSA) is 98.5 Å². The summed E-state index contributed by atoms with van der Waals surface area (Å²) in [6, 6.07) is 7.79. The minimum atomic E-state index is -1.07. The Morgan fingerprint density at radius 2 is 2.09 bits per heavy atom. The van der Waals surface area contributed by atoms with Crippen LogP contribution in [0, 0.1) is 23.1 Å². The van der Waals surface area contributed by atoms with Crippen molar-refractivity contribution in [3.8, 4) is 23.3 Å². The highest BCUT2D eigenvalue weighted by atomic mass is 19.1. The number of nitrogens with zero attached hydrogens (tertiary/aromatic N) is 7. The molecule has 4 atom stereocenters. The third-order valence-electron chi connectivity index (χ3n) is 9.55. The monoisotopic (exact) mass is 585 g/mol. The fraction of sp³-hybridized carbons (Fsp3) is 0.469. The highest BCUT2D eigenvalue weighted by Crippen LogP contribution is 2.58. The number of rotatable bonds is 7. The van der Waals surface area contributed by atoms with Crippen molar-refractivity contribution in [2.45, 2.75) is 50.1 Å². The Bertz CT molecular complexity index is 1670. The van der Waals surface area contributed by atoms with Crippen LogP contribution >= 0.6 is 0 Å². The average Bonchev–Trinajstić information content (AvgIpc) is 3.48. The van der Waals surface area contributed by atoms with E-state index in [4.69, 9.17) is 9.72 Å². The molecule has 0 N–H and O–H groups in total. The molecule has 3 aromatic rings. The second-order valence-electron chi connectivity index (χ2n) is 12.2. The molecule has 1 amide bonds. The van der Waals surface area contributed by atoms with E-state index in [1.165, 1.54) is 16.0 Å². The lowest BCUT2D eigenvalue weighted by Crippen LogP contribution is -2.55. The Labute approximate surface area is 248 Å². The quantitative estimate of drug-likeness (QED) is 0.377. The maximum atomic E-state index is 16.6. The SMILES string of the molecule is C=C(F)C(=O)N1CCN(c2nc(OC[C@@H]3CCCN3C)nc3c(F)c(-c4cccc5c4[C@@H]4C[C@@H]4C5)ncc23)C[C@@H]1CC#N. The van der Waals surface area contributed by atoms with Crippen molar-refractivity contribution >= 4 is 22.6 Å². The maximum Gasteiger partial charge on any atom is 0.319 e. The molecule has 2 saturated heterocycles. The van der Waals surface area contributed by atoms with Crippen LogP contribution in [-0.4, -0.2) is 82.6 Å². The lowest BCUT2D eigenvalue weighted by molar-refractivity contribution is -0.131. The Balaban J connectivity index is 1.29. The zero-order valence-corrected chi connectivity index (χ0v) is 24.1. The second-order valence-corrected chi connectivity index (χ2v) is 12.2. The van der Waals surface area contributed by atoms with Crippen molar-refractivity contribution in [3.63, 3.8) is 0 Å². The normalized spacial score (nSPS) is 24.5. The van der Waals surface area contributed by atoms with Crippen LogP contribution in [0.15, 0.2) is 36.8 Å². The van der Waals surface area contributed by atoms with E-state index in [0.29, 0.717) is 29.6 Å². The number of likely N-dealkylation sites (tertiary alicyclic amines) is 1. The summed E-state index contributed by atoms with van der Waals surface area (Å²) in [7, 11) is 2.05. The number of amides is 1. The van der Waals surface area contributed by atoms with Crippen LogP contribution in [0.4, 0.5) is 14.6 Å². The summed E-state index contributed by atoms with van der Waals surface area (Å²) >= 11 is 0. The standard InChI is InChI=1S/C32H33F2N7O2/c1-18(33)31(42)41-12-11-40(16-21(41)8-9-35)30-25-15-36-28(23-7-3-5-19-13-20-14-24(20)26(19)23)27(34)29(25)37-32(38-30)43-17-22-6-4-10-39(22)2/h3,5,7,15,20-22,24H,1,4,6,8,10-14,16-17H2,2H3/t20-,21-,22-,24+/m0/s1. The number of likely N-dealkylation sites (N-methyl/N-ethyl adjacent to an activating group) is 1. The van der Waals surface area contributed by atoms with Crippen LogP contribution in [0.1, 0.15) is 42.7 Å². The molecule has 4 heterocycles. The van der Waals surface area contributed by atoms with E-state index >= 15 is 4.39 Å². The summed E-state index contributed by atoms with van der Waals surface area (Å²) in [6.07, 6.45) is 5.83. The molecule has 43 heavy (non-hydrogen) atoms. The first-order valence-electron chi connectivity index (χ1n) is 14.9. The van der Waals surface area contributed by atoms with E-state index in [2.05, 4.69) is 40.6 Å². The van der Waals surface area contributed by atoms with Gasteiger partial charge in [0.15, 0.2) is 11.6 Å². The predicted molar refractivity (Wildman–Crippen MR) is 157 cm³/mol. The third kappa shape index (κ3) is 4.87. The minimum absolute atomic E-state index is 0.00601. The molecule has 0 unspecified atom stereocenters. The first-order valence-corrected chi connectivity index (χ1v) is 14.9. The summed E-state index contributed by atoms with van der Waals surface area (Å²) in [5.74, 6) is -0.917. The largest absolute Gasteiger partial charge is 0.462 e. The van der Waals surface area contributed by atoms with Crippen LogP contribution < -0.4 is 9.64 Å². The second kappa shape index (κ2) is 10.8. The first kappa shape index (κ1) is 27.7. The highest BCUT2D eigenvalue weighted by Gasteiger charge is 2.46. The molecule has 2 aliphatic carbocycles. The number of anilines is 1. The van der Waals surface area contributed by atoms with E-state index in [9.17, 15) is 14.4 Å². The Morgan fingerprint density at radius 1 is 1.23 bits per heavy atom. The van der Waals surface area contributed by atoms with Crippen LogP contribution in [0.5, 0.6) is 6.01 Å². The first-order chi connectivity index (χ1) is 20.8. The zero-order chi connectivity index (χ0) is 29.8. The van der Waals surface area contributed by atoms with Gasteiger partial charge in [0.05, 0.1) is 23.9 Å². The number of hydrogen-bond donors (Lipinski definition) is 0. The molecular formula is C32H33F2N7O2. The van der Waals surface area contributed by atoms with Gasteiger partial charge in [-0.05, 0) is 62.2 Å². The van der Waals surface area contributed by atoms with E-state index in [0.717, 1.165) is 37.8 Å². The van der Waals surface area contributed by atoms with Crippen molar-refractivity contribution in [1.82, 2.24) is 24.8 Å². The molecule has 1 aromatic carbocycles. The van der Waals surface area contributed by atoms with Gasteiger partial charge in [-0.15, -0.1) is 0 Å². The fourth-order valence-corrected chi connectivity index (χ4v) is 7.17. The summed E-state index contributed by atoms with van der Waals surface area (Å²) in [5, 5.41) is 9.87. The Morgan fingerprint density at radius 3 is 2.86 bits per heavy atom. The molecule has 0 bridgehead atoms. The number of piperazine rings is 1. The molecule has 3 fully saturated rings. The van der Waals surface area contributed by atoms with Crippen molar-refractivity contribution in [2.75, 3.05) is 44.7 Å².